The molecule has 0 saturated heterocycles. The number of hydrogen-bond acceptors (Lipinski definition) is 4. The van der Waals surface area contributed by atoms with Crippen molar-refractivity contribution in [2.24, 2.45) is 9.98 Å². The summed E-state index contributed by atoms with van der Waals surface area (Å²) in [6.45, 7) is 1.90. The molecular formula is C10H10N2O2. The van der Waals surface area contributed by atoms with Gasteiger partial charge in [0.1, 0.15) is 0 Å². The Morgan fingerprint density at radius 2 is 1.71 bits per heavy atom. The lowest BCUT2D eigenvalue weighted by Crippen LogP contribution is -1.70. The van der Waals surface area contributed by atoms with Crippen LogP contribution < -0.4 is 0 Å². The van der Waals surface area contributed by atoms with Gasteiger partial charge in [0.15, 0.2) is 0 Å². The summed E-state index contributed by atoms with van der Waals surface area (Å²) in [4.78, 5) is 25.1. The second kappa shape index (κ2) is 7.62. The van der Waals surface area contributed by atoms with Gasteiger partial charge in [-0.1, -0.05) is 18.2 Å². The molecule has 0 aliphatic carbocycles. The highest BCUT2D eigenvalue weighted by Gasteiger charge is 1.90. The molecule has 4 heteroatoms. The highest BCUT2D eigenvalue weighted by molar-refractivity contribution is 5.52. The van der Waals surface area contributed by atoms with E-state index in [1.54, 1.807) is 6.07 Å². The SMILES string of the molecule is CN=C=O.Cc1ccccc1N=C=O. The molecule has 1 aromatic rings. The second-order valence-corrected chi connectivity index (χ2v) is 2.30. The molecule has 0 bridgehead atoms. The predicted octanol–water partition coefficient (Wildman–Crippen LogP) is 1.91. The Labute approximate surface area is 82.0 Å². The first-order chi connectivity index (χ1) is 6.76. The lowest BCUT2D eigenvalue weighted by molar-refractivity contribution is 0.564. The zero-order valence-corrected chi connectivity index (χ0v) is 8.02. The third-order valence-corrected chi connectivity index (χ3v) is 1.37. The molecule has 1 rings (SSSR count). The maximum atomic E-state index is 9.83. The molecule has 0 aromatic heterocycles. The van der Waals surface area contributed by atoms with Crippen molar-refractivity contribution in [3.05, 3.63) is 29.8 Å². The van der Waals surface area contributed by atoms with Crippen LogP contribution in [-0.2, 0) is 9.59 Å². The minimum atomic E-state index is 0.692. The van der Waals surface area contributed by atoms with E-state index in [-0.39, 0.29) is 0 Å². The van der Waals surface area contributed by atoms with Crippen molar-refractivity contribution >= 4 is 17.8 Å². The number of rotatable bonds is 1. The number of carbonyl (C=O) groups excluding carboxylic acids is 2. The molecule has 14 heavy (non-hydrogen) atoms. The van der Waals surface area contributed by atoms with E-state index in [1.165, 1.54) is 19.2 Å². The van der Waals surface area contributed by atoms with Gasteiger partial charge in [0.25, 0.3) is 0 Å². The van der Waals surface area contributed by atoms with Crippen LogP contribution in [0, 0.1) is 6.92 Å². The fourth-order valence-electron chi connectivity index (χ4n) is 0.738. The molecule has 0 aliphatic rings. The molecular weight excluding hydrogens is 180 g/mol. The van der Waals surface area contributed by atoms with Crippen LogP contribution in [0.5, 0.6) is 0 Å². The number of nitrogens with zero attached hydrogens (tertiary/aromatic N) is 2. The summed E-state index contributed by atoms with van der Waals surface area (Å²) in [5.74, 6) is 0. The average Bonchev–Trinajstić information content (AvgIpc) is 2.22. The van der Waals surface area contributed by atoms with Gasteiger partial charge in [0.05, 0.1) is 5.69 Å². The van der Waals surface area contributed by atoms with Gasteiger partial charge in [-0.15, -0.1) is 0 Å². The number of hydrogen-bond donors (Lipinski definition) is 0. The molecule has 0 unspecified atom stereocenters. The molecule has 0 fully saturated rings. The average molecular weight is 190 g/mol. The predicted molar refractivity (Wildman–Crippen MR) is 53.0 cm³/mol. The largest absolute Gasteiger partial charge is 0.240 e. The van der Waals surface area contributed by atoms with Crippen LogP contribution in [0.25, 0.3) is 0 Å². The second-order valence-electron chi connectivity index (χ2n) is 2.30. The van der Waals surface area contributed by atoms with Crippen molar-refractivity contribution in [3.8, 4) is 0 Å². The van der Waals surface area contributed by atoms with Crippen LogP contribution in [-0.4, -0.2) is 19.2 Å². The minimum absolute atomic E-state index is 0.692. The molecule has 0 heterocycles. The van der Waals surface area contributed by atoms with Gasteiger partial charge < -0.3 is 0 Å². The molecule has 0 N–H and O–H groups in total. The van der Waals surface area contributed by atoms with Crippen molar-refractivity contribution in [2.45, 2.75) is 6.92 Å². The fourth-order valence-corrected chi connectivity index (χ4v) is 0.738. The Kier molecular flexibility index (Phi) is 6.52. The first-order valence-electron chi connectivity index (χ1n) is 3.85. The van der Waals surface area contributed by atoms with E-state index >= 15 is 0 Å². The Hall–Kier alpha value is -2.02. The third kappa shape index (κ3) is 4.78. The maximum Gasteiger partial charge on any atom is 0.240 e. The summed E-state index contributed by atoms with van der Waals surface area (Å²) in [7, 11) is 1.38. The number of para-hydroxylation sites is 1. The molecule has 72 valence electrons. The Balaban J connectivity index is 0.000000364. The first kappa shape index (κ1) is 12.0. The summed E-state index contributed by atoms with van der Waals surface area (Å²) in [5.41, 5.74) is 1.68. The van der Waals surface area contributed by atoms with Gasteiger partial charge in [-0.25, -0.2) is 14.6 Å². The lowest BCUT2D eigenvalue weighted by atomic mass is 10.2. The maximum absolute atomic E-state index is 9.83. The van der Waals surface area contributed by atoms with E-state index in [4.69, 9.17) is 4.79 Å². The fraction of sp³-hybridized carbons (Fsp3) is 0.200. The Morgan fingerprint density at radius 1 is 1.14 bits per heavy atom. The van der Waals surface area contributed by atoms with E-state index < -0.39 is 0 Å². The van der Waals surface area contributed by atoms with Crippen LogP contribution in [0.1, 0.15) is 5.56 Å². The van der Waals surface area contributed by atoms with Crippen LogP contribution >= 0.6 is 0 Å². The highest BCUT2D eigenvalue weighted by atomic mass is 16.1. The zero-order chi connectivity index (χ0) is 10.8. The quantitative estimate of drug-likeness (QED) is 0.501. The number of aryl methyl sites for hydroxylation is 1. The summed E-state index contributed by atoms with van der Waals surface area (Å²) in [6.07, 6.45) is 2.81. The van der Waals surface area contributed by atoms with Crippen molar-refractivity contribution in [1.29, 1.82) is 0 Å². The topological polar surface area (TPSA) is 58.9 Å². The van der Waals surface area contributed by atoms with Gasteiger partial charge in [0, 0.05) is 7.05 Å². The first-order valence-corrected chi connectivity index (χ1v) is 3.85. The number of benzene rings is 1. The number of aliphatic imine (C=N–C) groups is 2. The molecule has 0 aliphatic heterocycles. The highest BCUT2D eigenvalue weighted by Crippen LogP contribution is 2.15. The monoisotopic (exact) mass is 190 g/mol. The summed E-state index contributed by atoms with van der Waals surface area (Å²) < 4.78 is 0. The molecule has 4 nitrogen and oxygen atoms in total. The van der Waals surface area contributed by atoms with E-state index in [1.807, 2.05) is 25.1 Å². The lowest BCUT2D eigenvalue weighted by Gasteiger charge is -1.92. The van der Waals surface area contributed by atoms with Crippen LogP contribution in [0.4, 0.5) is 5.69 Å². The standard InChI is InChI=1S/C8H7NO.C2H3NO/c1-7-4-2-3-5-8(7)9-6-10;1-3-2-4/h2-5H,1H3;1H3. The third-order valence-electron chi connectivity index (χ3n) is 1.37. The Bertz CT molecular complexity index is 375. The van der Waals surface area contributed by atoms with Gasteiger partial charge >= 0.3 is 0 Å². The van der Waals surface area contributed by atoms with Gasteiger partial charge in [-0.3, -0.25) is 0 Å². The summed E-state index contributed by atoms with van der Waals surface area (Å²) >= 11 is 0. The van der Waals surface area contributed by atoms with Crippen molar-refractivity contribution in [3.63, 3.8) is 0 Å². The van der Waals surface area contributed by atoms with Gasteiger partial charge in [-0.2, -0.15) is 4.99 Å². The molecule has 0 spiro atoms. The molecule has 0 atom stereocenters. The number of isocyanates is 2. The van der Waals surface area contributed by atoms with E-state index in [0.29, 0.717) is 5.69 Å². The van der Waals surface area contributed by atoms with Gasteiger partial charge in [-0.05, 0) is 18.6 Å². The van der Waals surface area contributed by atoms with Crippen molar-refractivity contribution in [1.82, 2.24) is 0 Å². The van der Waals surface area contributed by atoms with Gasteiger partial charge in [0.2, 0.25) is 12.2 Å². The van der Waals surface area contributed by atoms with E-state index in [0.717, 1.165) is 5.56 Å². The molecule has 0 radical (unpaired) electrons. The summed E-state index contributed by atoms with van der Waals surface area (Å²) in [6, 6.07) is 7.42. The van der Waals surface area contributed by atoms with E-state index in [9.17, 15) is 4.79 Å². The van der Waals surface area contributed by atoms with Crippen molar-refractivity contribution in [2.75, 3.05) is 7.05 Å². The molecule has 1 aromatic carbocycles. The van der Waals surface area contributed by atoms with Crippen LogP contribution in [0.3, 0.4) is 0 Å². The molecule has 0 amide bonds. The van der Waals surface area contributed by atoms with Crippen molar-refractivity contribution < 1.29 is 9.59 Å². The Morgan fingerprint density at radius 3 is 2.14 bits per heavy atom. The smallest absolute Gasteiger partial charge is 0.211 e. The zero-order valence-electron chi connectivity index (χ0n) is 8.02. The summed E-state index contributed by atoms with van der Waals surface area (Å²) in [5, 5.41) is 0. The van der Waals surface area contributed by atoms with Crippen LogP contribution in [0.15, 0.2) is 34.3 Å². The minimum Gasteiger partial charge on any atom is -0.211 e. The van der Waals surface area contributed by atoms with E-state index in [2.05, 4.69) is 9.98 Å². The molecule has 0 saturated carbocycles. The van der Waals surface area contributed by atoms with Crippen LogP contribution in [0.2, 0.25) is 0 Å². The normalized spacial score (nSPS) is 7.29.